The third-order valence-electron chi connectivity index (χ3n) is 5.22. The molecule has 0 aromatic rings. The molecule has 0 aromatic heterocycles. The van der Waals surface area contributed by atoms with Gasteiger partial charge in [-0.05, 0) is 19.3 Å². The lowest BCUT2D eigenvalue weighted by Gasteiger charge is -2.50. The second-order valence-corrected chi connectivity index (χ2v) is 8.59. The molecule has 0 saturated heterocycles. The number of hydrogen-bond donors (Lipinski definition) is 0. The summed E-state index contributed by atoms with van der Waals surface area (Å²) in [5, 5.41) is 0. The van der Waals surface area contributed by atoms with E-state index in [0.717, 1.165) is 38.5 Å². The molecule has 0 fully saturated rings. The highest BCUT2D eigenvalue weighted by molar-refractivity contribution is 6.92. The van der Waals surface area contributed by atoms with Crippen LogP contribution >= 0.6 is 44.7 Å². The number of unbranched alkanes of at least 4 members (excludes halogenated alkanes) is 3. The molecule has 0 nitrogen and oxygen atoms in total. The average Bonchev–Trinajstić information content (AvgIpc) is 2.51. The lowest BCUT2D eigenvalue weighted by Crippen LogP contribution is -2.52. The lowest BCUT2D eigenvalue weighted by atomic mass is 9.65. The van der Waals surface area contributed by atoms with Crippen molar-refractivity contribution in [1.82, 2.24) is 0 Å². The Bertz CT molecular complexity index is 348. The summed E-state index contributed by atoms with van der Waals surface area (Å²) in [4.78, 5) is -0.569. The van der Waals surface area contributed by atoms with E-state index in [-0.39, 0.29) is 25.6 Å². The van der Waals surface area contributed by atoms with Gasteiger partial charge in [0.15, 0.2) is 0 Å². The van der Waals surface area contributed by atoms with E-state index in [1.165, 1.54) is 19.3 Å². The van der Waals surface area contributed by atoms with Crippen molar-refractivity contribution in [3.8, 4) is 0 Å². The highest BCUT2D eigenvalue weighted by Gasteiger charge is 2.52. The van der Waals surface area contributed by atoms with E-state index >= 15 is 0 Å². The van der Waals surface area contributed by atoms with Crippen LogP contribution in [-0.2, 0) is 0 Å². The van der Waals surface area contributed by atoms with Crippen LogP contribution in [0.4, 0.5) is 0 Å². The zero-order valence-electron chi connectivity index (χ0n) is 15.2. The van der Waals surface area contributed by atoms with Crippen molar-refractivity contribution in [3.63, 3.8) is 0 Å². The fourth-order valence-electron chi connectivity index (χ4n) is 3.79. The summed E-state index contributed by atoms with van der Waals surface area (Å²) in [7, 11) is 0. The molecule has 0 bridgehead atoms. The Morgan fingerprint density at radius 1 is 0.913 bits per heavy atom. The van der Waals surface area contributed by atoms with Crippen molar-refractivity contribution in [1.29, 1.82) is 0 Å². The van der Waals surface area contributed by atoms with Crippen LogP contribution in [0, 0.1) is 11.8 Å². The predicted molar refractivity (Wildman–Crippen MR) is 114 cm³/mol. The topological polar surface area (TPSA) is 0 Å². The van der Waals surface area contributed by atoms with Crippen LogP contribution in [0.5, 0.6) is 0 Å². The minimum atomic E-state index is -0.288. The molecule has 0 N–H and O–H groups in total. The van der Waals surface area contributed by atoms with Gasteiger partial charge in [-0.15, -0.1) is 34.8 Å². The van der Waals surface area contributed by atoms with Crippen molar-refractivity contribution in [2.75, 3.05) is 5.88 Å². The molecule has 5 unspecified atom stereocenters. The summed E-state index contributed by atoms with van der Waals surface area (Å²) in [5.41, 5.74) is 0. The lowest BCUT2D eigenvalue weighted by molar-refractivity contribution is 0.205. The minimum absolute atomic E-state index is 0. The first-order valence-corrected chi connectivity index (χ1v) is 10.4. The summed E-state index contributed by atoms with van der Waals surface area (Å²) in [6.45, 7) is 6.68. The van der Waals surface area contributed by atoms with E-state index in [1.807, 2.05) is 0 Å². The molecule has 138 valence electrons. The molecule has 0 spiro atoms. The molecule has 1 aliphatic carbocycles. The van der Waals surface area contributed by atoms with Gasteiger partial charge in [-0.2, -0.15) is 9.90 Å². The highest BCUT2D eigenvalue weighted by atomic mass is 35.5. The van der Waals surface area contributed by atoms with E-state index < -0.39 is 0 Å². The molecule has 1 aliphatic rings. The molecule has 0 aromatic carbocycles. The highest BCUT2D eigenvalue weighted by Crippen LogP contribution is 2.54. The summed E-state index contributed by atoms with van der Waals surface area (Å²) in [6.07, 6.45) is 14.6. The first-order valence-electron chi connectivity index (χ1n) is 9.11. The largest absolute Gasteiger partial charge is 0.153 e. The Morgan fingerprint density at radius 3 is 2.00 bits per heavy atom. The summed E-state index contributed by atoms with van der Waals surface area (Å²) in [5.74, 6) is 1.14. The van der Waals surface area contributed by atoms with Crippen molar-refractivity contribution in [3.05, 3.63) is 12.2 Å². The van der Waals surface area contributed by atoms with E-state index in [4.69, 9.17) is 34.8 Å². The average molecular weight is 402 g/mol. The SMILES string of the molecule is CCCCC1C(Cl)(CCCC)C=CC(CCl)C1(Cl)CCCC.P. The minimum Gasteiger partial charge on any atom is -0.153 e. The van der Waals surface area contributed by atoms with Crippen LogP contribution in [0.25, 0.3) is 0 Å². The predicted octanol–water partition coefficient (Wildman–Crippen LogP) is 7.61. The van der Waals surface area contributed by atoms with Crippen LogP contribution in [0.2, 0.25) is 0 Å². The monoisotopic (exact) mass is 400 g/mol. The van der Waals surface area contributed by atoms with Gasteiger partial charge in [0.25, 0.3) is 0 Å². The van der Waals surface area contributed by atoms with Crippen molar-refractivity contribution < 1.29 is 0 Å². The van der Waals surface area contributed by atoms with Gasteiger partial charge in [0.1, 0.15) is 0 Å². The molecule has 0 saturated carbocycles. The van der Waals surface area contributed by atoms with Crippen LogP contribution < -0.4 is 0 Å². The molecular formula is C19H36Cl3P. The van der Waals surface area contributed by atoms with Gasteiger partial charge in [0.05, 0.1) is 9.75 Å². The Balaban J connectivity index is 0.00000484. The Labute approximate surface area is 162 Å². The smallest absolute Gasteiger partial charge is 0.0671 e. The number of allylic oxidation sites excluding steroid dienone is 2. The first-order chi connectivity index (χ1) is 10.5. The molecule has 0 heterocycles. The van der Waals surface area contributed by atoms with Gasteiger partial charge in [0.2, 0.25) is 0 Å². The second-order valence-electron chi connectivity index (χ2n) is 6.88. The van der Waals surface area contributed by atoms with Gasteiger partial charge in [-0.25, -0.2) is 0 Å². The zero-order chi connectivity index (χ0) is 16.6. The molecule has 5 atom stereocenters. The van der Waals surface area contributed by atoms with Crippen molar-refractivity contribution in [2.45, 2.75) is 88.3 Å². The molecule has 1 rings (SSSR count). The van der Waals surface area contributed by atoms with Crippen LogP contribution in [0.1, 0.15) is 78.6 Å². The van der Waals surface area contributed by atoms with E-state index in [2.05, 4.69) is 32.9 Å². The third kappa shape index (κ3) is 6.06. The number of hydrogen-bond acceptors (Lipinski definition) is 0. The fourth-order valence-corrected chi connectivity index (χ4v) is 5.40. The standard InChI is InChI=1S/C19H33Cl3.H3P/c1-4-7-10-17-18(21,12-8-5-2)14-11-16(15-20)19(17,22)13-9-6-3;/h11,14,16-17H,4-10,12-13,15H2,1-3H3;1H3. The van der Waals surface area contributed by atoms with Crippen LogP contribution in [0.3, 0.4) is 0 Å². The van der Waals surface area contributed by atoms with Crippen LogP contribution in [0.15, 0.2) is 12.2 Å². The maximum Gasteiger partial charge on any atom is 0.0671 e. The zero-order valence-corrected chi connectivity index (χ0v) is 18.9. The molecule has 4 heteroatoms. The quantitative estimate of drug-likeness (QED) is 0.201. The van der Waals surface area contributed by atoms with Gasteiger partial charge < -0.3 is 0 Å². The number of halogens is 3. The van der Waals surface area contributed by atoms with Gasteiger partial charge >= 0.3 is 0 Å². The Hall–Kier alpha value is 1.04. The summed E-state index contributed by atoms with van der Waals surface area (Å²) >= 11 is 20.7. The molecule has 0 aliphatic heterocycles. The normalized spacial score (nSPS) is 33.5. The van der Waals surface area contributed by atoms with Crippen molar-refractivity contribution >= 4 is 44.7 Å². The molecule has 0 amide bonds. The van der Waals surface area contributed by atoms with E-state index in [0.29, 0.717) is 11.8 Å². The van der Waals surface area contributed by atoms with Crippen LogP contribution in [-0.4, -0.2) is 15.6 Å². The Morgan fingerprint density at radius 2 is 1.48 bits per heavy atom. The number of alkyl halides is 3. The van der Waals surface area contributed by atoms with Gasteiger partial charge in [-0.3, -0.25) is 0 Å². The maximum absolute atomic E-state index is 7.26. The molecular weight excluding hydrogens is 366 g/mol. The van der Waals surface area contributed by atoms with Gasteiger partial charge in [0, 0.05) is 17.7 Å². The Kier molecular flexibility index (Phi) is 12.1. The summed E-state index contributed by atoms with van der Waals surface area (Å²) in [6, 6.07) is 0. The third-order valence-corrected chi connectivity index (χ3v) is 6.86. The molecule has 0 radical (unpaired) electrons. The first kappa shape index (κ1) is 24.0. The van der Waals surface area contributed by atoms with E-state index in [9.17, 15) is 0 Å². The fraction of sp³-hybridized carbons (Fsp3) is 0.895. The summed E-state index contributed by atoms with van der Waals surface area (Å²) < 4.78 is 0. The number of rotatable bonds is 10. The second kappa shape index (κ2) is 11.6. The van der Waals surface area contributed by atoms with Crippen molar-refractivity contribution in [2.24, 2.45) is 11.8 Å². The molecule has 23 heavy (non-hydrogen) atoms. The maximum atomic E-state index is 7.26. The van der Waals surface area contributed by atoms with E-state index in [1.54, 1.807) is 0 Å². The van der Waals surface area contributed by atoms with Gasteiger partial charge in [-0.1, -0.05) is 71.4 Å².